The normalized spacial score (nSPS) is 18.2. The van der Waals surface area contributed by atoms with Gasteiger partial charge in [-0.15, -0.1) is 5.10 Å². The number of hydrogen-bond donors (Lipinski definition) is 1. The molecule has 3 rings (SSSR count). The second-order valence-corrected chi connectivity index (χ2v) is 5.48. The van der Waals surface area contributed by atoms with E-state index in [1.807, 2.05) is 0 Å². The molecule has 0 bridgehead atoms. The van der Waals surface area contributed by atoms with Gasteiger partial charge in [0.15, 0.2) is 11.4 Å². The number of aromatic nitrogens is 3. The lowest BCUT2D eigenvalue weighted by Crippen LogP contribution is -2.33. The summed E-state index contributed by atoms with van der Waals surface area (Å²) >= 11 is 0. The summed E-state index contributed by atoms with van der Waals surface area (Å²) in [4.78, 5) is 13.6. The molecule has 2 N–H and O–H groups in total. The average molecular weight is 343 g/mol. The summed E-state index contributed by atoms with van der Waals surface area (Å²) in [5.74, 6) is -1.62. The van der Waals surface area contributed by atoms with E-state index in [9.17, 15) is 22.4 Å². The fourth-order valence-corrected chi connectivity index (χ4v) is 2.59. The van der Waals surface area contributed by atoms with Crippen molar-refractivity contribution >= 4 is 5.91 Å². The van der Waals surface area contributed by atoms with Gasteiger partial charge in [-0.05, 0) is 24.6 Å². The van der Waals surface area contributed by atoms with Crippen molar-refractivity contribution in [3.8, 4) is 5.69 Å². The Kier molecular flexibility index (Phi) is 3.99. The Bertz CT molecular complexity index is 773. The first-order chi connectivity index (χ1) is 11.3. The Morgan fingerprint density at radius 3 is 2.67 bits per heavy atom. The number of benzene rings is 1. The van der Waals surface area contributed by atoms with Gasteiger partial charge in [-0.1, -0.05) is 11.3 Å². The molecule has 6 nitrogen and oxygen atoms in total. The number of amides is 1. The van der Waals surface area contributed by atoms with Crippen molar-refractivity contribution in [1.29, 1.82) is 0 Å². The number of carbonyl (C=O) groups excluding carboxylic acids is 1. The summed E-state index contributed by atoms with van der Waals surface area (Å²) in [5, 5.41) is 6.80. The molecule has 2 heterocycles. The fraction of sp³-hybridized carbons (Fsp3) is 0.357. The van der Waals surface area contributed by atoms with Crippen LogP contribution >= 0.6 is 0 Å². The number of carbonyl (C=O) groups is 1. The van der Waals surface area contributed by atoms with E-state index in [0.717, 1.165) is 12.1 Å². The van der Waals surface area contributed by atoms with Crippen molar-refractivity contribution in [2.75, 3.05) is 13.1 Å². The van der Waals surface area contributed by atoms with Crippen molar-refractivity contribution in [2.45, 2.75) is 18.6 Å². The van der Waals surface area contributed by atoms with E-state index in [-0.39, 0.29) is 24.8 Å². The molecule has 1 aromatic carbocycles. The molecule has 1 saturated heterocycles. The number of alkyl halides is 3. The molecule has 1 aliphatic heterocycles. The molecule has 10 heteroatoms. The Hall–Kier alpha value is -2.49. The molecular weight excluding hydrogens is 330 g/mol. The van der Waals surface area contributed by atoms with Crippen LogP contribution in [0.3, 0.4) is 0 Å². The number of nitrogens with zero attached hydrogens (tertiary/aromatic N) is 4. The number of rotatable bonds is 2. The summed E-state index contributed by atoms with van der Waals surface area (Å²) in [7, 11) is 0. The highest BCUT2D eigenvalue weighted by molar-refractivity contribution is 5.93. The predicted molar refractivity (Wildman–Crippen MR) is 74.8 cm³/mol. The minimum atomic E-state index is -4.89. The van der Waals surface area contributed by atoms with Crippen LogP contribution in [-0.2, 0) is 6.18 Å². The molecule has 1 amide bonds. The molecule has 0 saturated carbocycles. The minimum Gasteiger partial charge on any atom is -0.336 e. The van der Waals surface area contributed by atoms with Gasteiger partial charge in [0.05, 0.1) is 5.69 Å². The first kappa shape index (κ1) is 16.4. The monoisotopic (exact) mass is 343 g/mol. The van der Waals surface area contributed by atoms with Gasteiger partial charge in [0, 0.05) is 19.1 Å². The molecule has 0 aliphatic carbocycles. The fourth-order valence-electron chi connectivity index (χ4n) is 2.59. The number of nitrogens with two attached hydrogens (primary N) is 1. The van der Waals surface area contributed by atoms with Crippen LogP contribution in [0.15, 0.2) is 24.3 Å². The van der Waals surface area contributed by atoms with Gasteiger partial charge >= 0.3 is 6.18 Å². The van der Waals surface area contributed by atoms with Crippen molar-refractivity contribution in [2.24, 2.45) is 5.73 Å². The first-order valence-corrected chi connectivity index (χ1v) is 7.11. The summed E-state index contributed by atoms with van der Waals surface area (Å²) < 4.78 is 54.1. The van der Waals surface area contributed by atoms with E-state index in [1.165, 1.54) is 17.0 Å². The van der Waals surface area contributed by atoms with Crippen LogP contribution in [0.1, 0.15) is 22.6 Å². The topological polar surface area (TPSA) is 77.0 Å². The number of hydrogen-bond acceptors (Lipinski definition) is 4. The Labute approximate surface area is 133 Å². The van der Waals surface area contributed by atoms with Crippen molar-refractivity contribution in [3.05, 3.63) is 41.5 Å². The van der Waals surface area contributed by atoms with E-state index in [1.54, 1.807) is 0 Å². The van der Waals surface area contributed by atoms with Gasteiger partial charge in [0.25, 0.3) is 5.91 Å². The van der Waals surface area contributed by atoms with Crippen molar-refractivity contribution in [1.82, 2.24) is 19.9 Å². The zero-order valence-corrected chi connectivity index (χ0v) is 12.3. The van der Waals surface area contributed by atoms with Crippen LogP contribution in [0.5, 0.6) is 0 Å². The summed E-state index contributed by atoms with van der Waals surface area (Å²) in [6, 6.07) is 4.18. The van der Waals surface area contributed by atoms with Gasteiger partial charge in [-0.25, -0.2) is 9.07 Å². The van der Waals surface area contributed by atoms with Gasteiger partial charge in [0.1, 0.15) is 5.82 Å². The molecule has 1 atom stereocenters. The second-order valence-electron chi connectivity index (χ2n) is 5.48. The Morgan fingerprint density at radius 2 is 2.08 bits per heavy atom. The first-order valence-electron chi connectivity index (χ1n) is 7.11. The van der Waals surface area contributed by atoms with E-state index >= 15 is 0 Å². The third-order valence-electron chi connectivity index (χ3n) is 3.71. The smallest absolute Gasteiger partial charge is 0.336 e. The number of likely N-dealkylation sites (tertiary alicyclic amines) is 1. The van der Waals surface area contributed by atoms with Crippen molar-refractivity contribution in [3.63, 3.8) is 0 Å². The largest absolute Gasteiger partial charge is 0.435 e. The SMILES string of the molecule is N[C@@H]1CCN(C(=O)c2nnn(-c3cccc(F)c3)c2C(F)(F)F)C1. The second kappa shape index (κ2) is 5.86. The molecule has 1 fully saturated rings. The van der Waals surface area contributed by atoms with Crippen molar-refractivity contribution < 1.29 is 22.4 Å². The van der Waals surface area contributed by atoms with Crippen LogP contribution in [0.25, 0.3) is 5.69 Å². The third-order valence-corrected chi connectivity index (χ3v) is 3.71. The summed E-state index contributed by atoms with van der Waals surface area (Å²) in [6.45, 7) is 0.410. The molecule has 0 radical (unpaired) electrons. The molecule has 2 aromatic rings. The molecular formula is C14H13F4N5O. The standard InChI is InChI=1S/C14H13F4N5O/c15-8-2-1-3-10(6-8)23-12(14(16,17)18)11(20-21-23)13(24)22-5-4-9(19)7-22/h1-3,6,9H,4-5,7,19H2/t9-/m1/s1. The van der Waals surface area contributed by atoms with Crippen LogP contribution < -0.4 is 5.73 Å². The average Bonchev–Trinajstić information content (AvgIpc) is 3.12. The van der Waals surface area contributed by atoms with E-state index < -0.39 is 29.3 Å². The molecule has 1 aliphatic rings. The predicted octanol–water partition coefficient (Wildman–Crippen LogP) is 1.60. The van der Waals surface area contributed by atoms with Crippen LogP contribution in [-0.4, -0.2) is 44.9 Å². The third kappa shape index (κ3) is 2.96. The lowest BCUT2D eigenvalue weighted by Gasteiger charge is -2.16. The zero-order valence-electron chi connectivity index (χ0n) is 12.3. The van der Waals surface area contributed by atoms with Gasteiger partial charge in [0.2, 0.25) is 0 Å². The highest BCUT2D eigenvalue weighted by Crippen LogP contribution is 2.33. The Balaban J connectivity index is 2.07. The highest BCUT2D eigenvalue weighted by Gasteiger charge is 2.43. The summed E-state index contributed by atoms with van der Waals surface area (Å²) in [5.41, 5.74) is 3.35. The van der Waals surface area contributed by atoms with E-state index in [2.05, 4.69) is 10.3 Å². The van der Waals surface area contributed by atoms with E-state index in [4.69, 9.17) is 5.73 Å². The maximum absolute atomic E-state index is 13.5. The lowest BCUT2D eigenvalue weighted by atomic mass is 10.2. The maximum Gasteiger partial charge on any atom is 0.435 e. The van der Waals surface area contributed by atoms with Gasteiger partial charge in [-0.3, -0.25) is 4.79 Å². The number of halogens is 4. The molecule has 1 aromatic heterocycles. The molecule has 0 unspecified atom stereocenters. The van der Waals surface area contributed by atoms with Crippen LogP contribution in [0, 0.1) is 5.82 Å². The highest BCUT2D eigenvalue weighted by atomic mass is 19.4. The minimum absolute atomic E-state index is 0.156. The quantitative estimate of drug-likeness (QED) is 0.841. The Morgan fingerprint density at radius 1 is 1.33 bits per heavy atom. The summed E-state index contributed by atoms with van der Waals surface area (Å²) in [6.07, 6.45) is -4.38. The van der Waals surface area contributed by atoms with Crippen LogP contribution in [0.4, 0.5) is 17.6 Å². The zero-order chi connectivity index (χ0) is 17.5. The van der Waals surface area contributed by atoms with E-state index in [0.29, 0.717) is 11.1 Å². The van der Waals surface area contributed by atoms with Crippen LogP contribution in [0.2, 0.25) is 0 Å². The maximum atomic E-state index is 13.5. The molecule has 128 valence electrons. The van der Waals surface area contributed by atoms with Gasteiger partial charge < -0.3 is 10.6 Å². The lowest BCUT2D eigenvalue weighted by molar-refractivity contribution is -0.143. The van der Waals surface area contributed by atoms with Gasteiger partial charge in [-0.2, -0.15) is 13.2 Å². The molecule has 0 spiro atoms. The molecule has 24 heavy (non-hydrogen) atoms.